The Morgan fingerprint density at radius 1 is 1.19 bits per heavy atom. The summed E-state index contributed by atoms with van der Waals surface area (Å²) in [6, 6.07) is 0. The molecule has 1 heterocycles. The third kappa shape index (κ3) is 2.76. The van der Waals surface area contributed by atoms with Crippen LogP contribution in [0.1, 0.15) is 46.0 Å². The topological polar surface area (TPSA) is 35.5 Å². The van der Waals surface area contributed by atoms with Gasteiger partial charge in [-0.05, 0) is 26.7 Å². The van der Waals surface area contributed by atoms with Crippen LogP contribution in [-0.4, -0.2) is 47.3 Å². The van der Waals surface area contributed by atoms with E-state index in [1.54, 1.807) is 0 Å². The van der Waals surface area contributed by atoms with Gasteiger partial charge in [0.05, 0.1) is 5.60 Å². The van der Waals surface area contributed by atoms with Gasteiger partial charge < -0.3 is 10.4 Å². The monoisotopic (exact) mass is 226 g/mol. The van der Waals surface area contributed by atoms with E-state index in [1.807, 2.05) is 0 Å². The van der Waals surface area contributed by atoms with Crippen LogP contribution >= 0.6 is 0 Å². The molecule has 3 heteroatoms. The van der Waals surface area contributed by atoms with E-state index in [0.29, 0.717) is 0 Å². The van der Waals surface area contributed by atoms with Crippen molar-refractivity contribution in [3.63, 3.8) is 0 Å². The van der Waals surface area contributed by atoms with E-state index in [2.05, 4.69) is 24.1 Å². The molecule has 0 unspecified atom stereocenters. The molecule has 1 saturated heterocycles. The summed E-state index contributed by atoms with van der Waals surface area (Å²) in [4.78, 5) is 2.47. The Labute approximate surface area is 99.2 Å². The molecule has 2 N–H and O–H groups in total. The van der Waals surface area contributed by atoms with E-state index in [-0.39, 0.29) is 5.54 Å². The van der Waals surface area contributed by atoms with Crippen LogP contribution in [0.25, 0.3) is 0 Å². The quantitative estimate of drug-likeness (QED) is 0.746. The predicted molar refractivity (Wildman–Crippen MR) is 66.6 cm³/mol. The fourth-order valence-corrected chi connectivity index (χ4v) is 3.04. The second kappa shape index (κ2) is 4.63. The first-order chi connectivity index (χ1) is 7.52. The van der Waals surface area contributed by atoms with Crippen molar-refractivity contribution in [1.29, 1.82) is 0 Å². The first kappa shape index (κ1) is 12.3. The van der Waals surface area contributed by atoms with Crippen molar-refractivity contribution >= 4 is 0 Å². The SMILES string of the molecule is CC1(C)CNCCN1CC1(O)CCCCC1. The lowest BCUT2D eigenvalue weighted by atomic mass is 9.83. The molecule has 2 fully saturated rings. The zero-order chi connectivity index (χ0) is 11.6. The molecule has 0 amide bonds. The Bertz CT molecular complexity index is 234. The van der Waals surface area contributed by atoms with Gasteiger partial charge in [0.15, 0.2) is 0 Å². The molecule has 3 nitrogen and oxygen atoms in total. The summed E-state index contributed by atoms with van der Waals surface area (Å²) in [5.74, 6) is 0. The average Bonchev–Trinajstić information content (AvgIpc) is 2.22. The Morgan fingerprint density at radius 3 is 2.50 bits per heavy atom. The standard InChI is InChI=1S/C13H26N2O/c1-12(2)10-14-8-9-15(12)11-13(16)6-4-3-5-7-13/h14,16H,3-11H2,1-2H3. The van der Waals surface area contributed by atoms with Crippen molar-refractivity contribution in [3.8, 4) is 0 Å². The van der Waals surface area contributed by atoms with Crippen molar-refractivity contribution in [2.75, 3.05) is 26.2 Å². The van der Waals surface area contributed by atoms with Crippen LogP contribution < -0.4 is 5.32 Å². The molecule has 2 rings (SSSR count). The summed E-state index contributed by atoms with van der Waals surface area (Å²) in [5.41, 5.74) is -0.224. The molecule has 94 valence electrons. The van der Waals surface area contributed by atoms with Crippen molar-refractivity contribution in [1.82, 2.24) is 10.2 Å². The molecule has 1 aliphatic heterocycles. The summed E-state index contributed by atoms with van der Waals surface area (Å²) in [6.45, 7) is 8.55. The fourth-order valence-electron chi connectivity index (χ4n) is 3.04. The highest BCUT2D eigenvalue weighted by Gasteiger charge is 2.37. The molecule has 2 aliphatic rings. The maximum absolute atomic E-state index is 10.6. The van der Waals surface area contributed by atoms with Gasteiger partial charge in [-0.15, -0.1) is 0 Å². The molecular weight excluding hydrogens is 200 g/mol. The first-order valence-corrected chi connectivity index (χ1v) is 6.70. The van der Waals surface area contributed by atoms with E-state index < -0.39 is 5.60 Å². The van der Waals surface area contributed by atoms with Crippen LogP contribution in [0.5, 0.6) is 0 Å². The highest BCUT2D eigenvalue weighted by atomic mass is 16.3. The second-order valence-electron chi connectivity index (χ2n) is 6.20. The van der Waals surface area contributed by atoms with Gasteiger partial charge in [0, 0.05) is 31.7 Å². The number of nitrogens with zero attached hydrogens (tertiary/aromatic N) is 1. The number of piperazine rings is 1. The van der Waals surface area contributed by atoms with Crippen molar-refractivity contribution in [3.05, 3.63) is 0 Å². The Hall–Kier alpha value is -0.120. The van der Waals surface area contributed by atoms with Gasteiger partial charge in [-0.3, -0.25) is 4.90 Å². The smallest absolute Gasteiger partial charge is 0.0774 e. The minimum absolute atomic E-state index is 0.186. The number of hydrogen-bond donors (Lipinski definition) is 2. The molecule has 16 heavy (non-hydrogen) atoms. The number of β-amino-alcohol motifs (C(OH)–C–C–N with tert-alkyl or cyclic N) is 1. The maximum Gasteiger partial charge on any atom is 0.0774 e. The van der Waals surface area contributed by atoms with E-state index >= 15 is 0 Å². The van der Waals surface area contributed by atoms with Crippen LogP contribution in [0.3, 0.4) is 0 Å². The molecule has 0 aromatic carbocycles. The Balaban J connectivity index is 1.96. The van der Waals surface area contributed by atoms with E-state index in [4.69, 9.17) is 0 Å². The van der Waals surface area contributed by atoms with Crippen molar-refractivity contribution in [2.24, 2.45) is 0 Å². The lowest BCUT2D eigenvalue weighted by molar-refractivity contribution is -0.0550. The predicted octanol–water partition coefficient (Wildman–Crippen LogP) is 1.37. The lowest BCUT2D eigenvalue weighted by Gasteiger charge is -2.47. The third-order valence-corrected chi connectivity index (χ3v) is 4.24. The van der Waals surface area contributed by atoms with Gasteiger partial charge in [-0.1, -0.05) is 19.3 Å². The van der Waals surface area contributed by atoms with Crippen LogP contribution in [0, 0.1) is 0 Å². The summed E-state index contributed by atoms with van der Waals surface area (Å²) < 4.78 is 0. The highest BCUT2D eigenvalue weighted by molar-refractivity contribution is 4.94. The van der Waals surface area contributed by atoms with Crippen molar-refractivity contribution < 1.29 is 5.11 Å². The molecule has 0 spiro atoms. The number of rotatable bonds is 2. The van der Waals surface area contributed by atoms with Crippen molar-refractivity contribution in [2.45, 2.75) is 57.1 Å². The fraction of sp³-hybridized carbons (Fsp3) is 1.00. The maximum atomic E-state index is 10.6. The van der Waals surface area contributed by atoms with Gasteiger partial charge in [0.25, 0.3) is 0 Å². The molecular formula is C13H26N2O. The second-order valence-corrected chi connectivity index (χ2v) is 6.20. The van der Waals surface area contributed by atoms with Crippen LogP contribution in [-0.2, 0) is 0 Å². The average molecular weight is 226 g/mol. The van der Waals surface area contributed by atoms with Gasteiger partial charge in [0.1, 0.15) is 0 Å². The first-order valence-electron chi connectivity index (χ1n) is 6.70. The normalized spacial score (nSPS) is 30.2. The zero-order valence-electron chi connectivity index (χ0n) is 10.8. The van der Waals surface area contributed by atoms with E-state index in [0.717, 1.165) is 39.0 Å². The summed E-state index contributed by atoms with van der Waals surface area (Å²) >= 11 is 0. The van der Waals surface area contributed by atoms with Gasteiger partial charge in [-0.25, -0.2) is 0 Å². The molecule has 0 radical (unpaired) electrons. The Morgan fingerprint density at radius 2 is 1.88 bits per heavy atom. The van der Waals surface area contributed by atoms with Gasteiger partial charge >= 0.3 is 0 Å². The molecule has 0 atom stereocenters. The van der Waals surface area contributed by atoms with Crippen LogP contribution in [0.15, 0.2) is 0 Å². The lowest BCUT2D eigenvalue weighted by Crippen LogP contribution is -2.61. The molecule has 0 aromatic heterocycles. The number of hydrogen-bond acceptors (Lipinski definition) is 3. The summed E-state index contributed by atoms with van der Waals surface area (Å²) in [5, 5.41) is 14.0. The Kier molecular flexibility index (Phi) is 3.57. The minimum atomic E-state index is -0.410. The van der Waals surface area contributed by atoms with Gasteiger partial charge in [-0.2, -0.15) is 0 Å². The van der Waals surface area contributed by atoms with Crippen LogP contribution in [0.4, 0.5) is 0 Å². The highest BCUT2D eigenvalue weighted by Crippen LogP contribution is 2.31. The largest absolute Gasteiger partial charge is 0.389 e. The number of nitrogens with one attached hydrogen (secondary N) is 1. The summed E-state index contributed by atoms with van der Waals surface area (Å²) in [7, 11) is 0. The van der Waals surface area contributed by atoms with Crippen LogP contribution in [0.2, 0.25) is 0 Å². The molecule has 0 bridgehead atoms. The van der Waals surface area contributed by atoms with E-state index in [1.165, 1.54) is 19.3 Å². The van der Waals surface area contributed by atoms with Gasteiger partial charge in [0.2, 0.25) is 0 Å². The summed E-state index contributed by atoms with van der Waals surface area (Å²) in [6.07, 6.45) is 5.68. The zero-order valence-corrected chi connectivity index (χ0v) is 10.8. The molecule has 1 aliphatic carbocycles. The number of aliphatic hydroxyl groups is 1. The van der Waals surface area contributed by atoms with E-state index in [9.17, 15) is 5.11 Å². The minimum Gasteiger partial charge on any atom is -0.389 e. The third-order valence-electron chi connectivity index (χ3n) is 4.24. The molecule has 0 aromatic rings. The molecule has 1 saturated carbocycles.